The van der Waals surface area contributed by atoms with E-state index in [-0.39, 0.29) is 4.75 Å². The Labute approximate surface area is 131 Å². The number of hydrogen-bond donors (Lipinski definition) is 2. The third-order valence-electron chi connectivity index (χ3n) is 4.20. The predicted molar refractivity (Wildman–Crippen MR) is 89.1 cm³/mol. The van der Waals surface area contributed by atoms with Gasteiger partial charge < -0.3 is 5.73 Å². The number of thioether (sulfide) groups is 1. The Kier molecular flexibility index (Phi) is 5.71. The fourth-order valence-electron chi connectivity index (χ4n) is 2.78. The Hall–Kier alpha value is -0.560. The molecule has 0 unspecified atom stereocenters. The van der Waals surface area contributed by atoms with Crippen LogP contribution in [0.4, 0.5) is 0 Å². The molecule has 3 N–H and O–H groups in total. The first-order valence-corrected chi connectivity index (χ1v) is 10.1. The molecule has 6 heteroatoms. The van der Waals surface area contributed by atoms with Crippen molar-refractivity contribution in [3.63, 3.8) is 0 Å². The summed E-state index contributed by atoms with van der Waals surface area (Å²) in [7, 11) is -3.42. The topological polar surface area (TPSA) is 72.2 Å². The minimum atomic E-state index is -3.42. The van der Waals surface area contributed by atoms with Crippen LogP contribution in [0.3, 0.4) is 0 Å². The smallest absolute Gasteiger partial charge is 0.240 e. The summed E-state index contributed by atoms with van der Waals surface area (Å²) in [5.41, 5.74) is 6.56. The number of benzene rings is 1. The van der Waals surface area contributed by atoms with Crippen LogP contribution in [0.15, 0.2) is 29.2 Å². The monoisotopic (exact) mass is 328 g/mol. The van der Waals surface area contributed by atoms with E-state index < -0.39 is 10.0 Å². The molecule has 0 atom stereocenters. The molecule has 0 saturated heterocycles. The van der Waals surface area contributed by atoms with E-state index in [1.807, 2.05) is 12.1 Å². The lowest BCUT2D eigenvalue weighted by Gasteiger charge is -2.26. The maximum atomic E-state index is 12.4. The minimum absolute atomic E-state index is 0.0760. The molecule has 1 saturated carbocycles. The van der Waals surface area contributed by atoms with Crippen LogP contribution in [0.1, 0.15) is 31.2 Å². The van der Waals surface area contributed by atoms with E-state index in [1.54, 1.807) is 23.9 Å². The van der Waals surface area contributed by atoms with Gasteiger partial charge in [0.1, 0.15) is 0 Å². The molecule has 0 aromatic heterocycles. The van der Waals surface area contributed by atoms with Crippen LogP contribution in [0.5, 0.6) is 0 Å². The molecule has 21 heavy (non-hydrogen) atoms. The van der Waals surface area contributed by atoms with Crippen molar-refractivity contribution in [2.24, 2.45) is 5.73 Å². The fraction of sp³-hybridized carbons (Fsp3) is 0.600. The fourth-order valence-corrected chi connectivity index (χ4v) is 4.92. The lowest BCUT2D eigenvalue weighted by Crippen LogP contribution is -2.38. The summed E-state index contributed by atoms with van der Waals surface area (Å²) in [6.07, 6.45) is 7.40. The van der Waals surface area contributed by atoms with E-state index in [0.717, 1.165) is 24.8 Å². The van der Waals surface area contributed by atoms with Crippen molar-refractivity contribution in [1.29, 1.82) is 0 Å². The second kappa shape index (κ2) is 7.13. The molecule has 0 aliphatic heterocycles. The van der Waals surface area contributed by atoms with Crippen LogP contribution < -0.4 is 10.5 Å². The first-order chi connectivity index (χ1) is 10.0. The normalized spacial score (nSPS) is 18.0. The second-order valence-corrected chi connectivity index (χ2v) is 8.64. The Morgan fingerprint density at radius 1 is 1.24 bits per heavy atom. The van der Waals surface area contributed by atoms with Crippen molar-refractivity contribution in [3.8, 4) is 0 Å². The van der Waals surface area contributed by atoms with Crippen molar-refractivity contribution in [1.82, 2.24) is 4.72 Å². The molecule has 0 amide bonds. The lowest BCUT2D eigenvalue weighted by atomic mass is 10.1. The van der Waals surface area contributed by atoms with Gasteiger partial charge in [-0.15, -0.1) is 0 Å². The molecule has 0 bridgehead atoms. The van der Waals surface area contributed by atoms with Crippen molar-refractivity contribution < 1.29 is 8.42 Å². The molecule has 0 spiro atoms. The maximum absolute atomic E-state index is 12.4. The highest BCUT2D eigenvalue weighted by atomic mass is 32.2. The van der Waals surface area contributed by atoms with Gasteiger partial charge in [-0.1, -0.05) is 25.0 Å². The highest BCUT2D eigenvalue weighted by Gasteiger charge is 2.34. The van der Waals surface area contributed by atoms with Crippen molar-refractivity contribution in [2.75, 3.05) is 19.3 Å². The Bertz CT molecular complexity index is 550. The summed E-state index contributed by atoms with van der Waals surface area (Å²) >= 11 is 1.78. The molecule has 118 valence electrons. The van der Waals surface area contributed by atoms with Crippen LogP contribution in [0.25, 0.3) is 0 Å². The second-order valence-electron chi connectivity index (χ2n) is 5.60. The summed E-state index contributed by atoms with van der Waals surface area (Å²) in [5.74, 6) is 0. The molecular formula is C15H24N2O2S2. The summed E-state index contributed by atoms with van der Waals surface area (Å²) in [4.78, 5) is 0.331. The van der Waals surface area contributed by atoms with Crippen LogP contribution in [-0.4, -0.2) is 32.5 Å². The third-order valence-corrected chi connectivity index (χ3v) is 7.03. The highest BCUT2D eigenvalue weighted by molar-refractivity contribution is 8.00. The van der Waals surface area contributed by atoms with Gasteiger partial charge in [0, 0.05) is 11.3 Å². The minimum Gasteiger partial charge on any atom is -0.330 e. The van der Waals surface area contributed by atoms with Gasteiger partial charge in [0.2, 0.25) is 10.0 Å². The van der Waals surface area contributed by atoms with Gasteiger partial charge in [0.05, 0.1) is 4.90 Å². The molecule has 1 aliphatic carbocycles. The maximum Gasteiger partial charge on any atom is 0.240 e. The molecule has 1 aromatic rings. The van der Waals surface area contributed by atoms with Crippen LogP contribution in [0.2, 0.25) is 0 Å². The van der Waals surface area contributed by atoms with E-state index in [1.165, 1.54) is 12.8 Å². The lowest BCUT2D eigenvalue weighted by molar-refractivity contribution is 0.551. The zero-order chi connectivity index (χ0) is 15.3. The third kappa shape index (κ3) is 4.22. The first-order valence-electron chi connectivity index (χ1n) is 7.35. The van der Waals surface area contributed by atoms with Gasteiger partial charge in [-0.2, -0.15) is 11.8 Å². The van der Waals surface area contributed by atoms with E-state index in [9.17, 15) is 8.42 Å². The molecular weight excluding hydrogens is 304 g/mol. The van der Waals surface area contributed by atoms with Gasteiger partial charge in [-0.3, -0.25) is 0 Å². The van der Waals surface area contributed by atoms with Crippen molar-refractivity contribution in [2.45, 2.75) is 41.7 Å². The summed E-state index contributed by atoms with van der Waals surface area (Å²) < 4.78 is 27.6. The van der Waals surface area contributed by atoms with E-state index in [4.69, 9.17) is 5.73 Å². The van der Waals surface area contributed by atoms with Crippen LogP contribution in [0, 0.1) is 0 Å². The average molecular weight is 329 g/mol. The standard InChI is InChI=1S/C15H24N2O2S2/c1-20-15(9-2-3-10-15)12-17-21(18,19)14-6-4-13(5-7-14)8-11-16/h4-7,17H,2-3,8-12,16H2,1H3. The van der Waals surface area contributed by atoms with Gasteiger partial charge in [0.15, 0.2) is 0 Å². The largest absolute Gasteiger partial charge is 0.330 e. The summed E-state index contributed by atoms with van der Waals surface area (Å²) in [6.45, 7) is 1.08. The zero-order valence-corrected chi connectivity index (χ0v) is 14.1. The van der Waals surface area contributed by atoms with Crippen molar-refractivity contribution >= 4 is 21.8 Å². The first kappa shape index (κ1) is 16.8. The van der Waals surface area contributed by atoms with Gasteiger partial charge >= 0.3 is 0 Å². The molecule has 1 aromatic carbocycles. The van der Waals surface area contributed by atoms with Crippen molar-refractivity contribution in [3.05, 3.63) is 29.8 Å². The summed E-state index contributed by atoms with van der Waals surface area (Å²) in [6, 6.07) is 6.99. The zero-order valence-electron chi connectivity index (χ0n) is 12.5. The molecule has 0 heterocycles. The molecule has 2 rings (SSSR count). The van der Waals surface area contributed by atoms with Gasteiger partial charge in [-0.25, -0.2) is 13.1 Å². The van der Waals surface area contributed by atoms with E-state index >= 15 is 0 Å². The highest BCUT2D eigenvalue weighted by Crippen LogP contribution is 2.39. The summed E-state index contributed by atoms with van der Waals surface area (Å²) in [5, 5.41) is 0. The molecule has 1 fully saturated rings. The quantitative estimate of drug-likeness (QED) is 0.804. The number of rotatable bonds is 7. The number of nitrogens with one attached hydrogen (secondary N) is 1. The number of hydrogen-bond acceptors (Lipinski definition) is 4. The van der Waals surface area contributed by atoms with Gasteiger partial charge in [0.25, 0.3) is 0 Å². The Morgan fingerprint density at radius 2 is 1.86 bits per heavy atom. The number of nitrogens with two attached hydrogens (primary N) is 1. The predicted octanol–water partition coefficient (Wildman–Crippen LogP) is 2.14. The Morgan fingerprint density at radius 3 is 2.38 bits per heavy atom. The molecule has 4 nitrogen and oxygen atoms in total. The van der Waals surface area contributed by atoms with Crippen LogP contribution in [-0.2, 0) is 16.4 Å². The molecule has 0 radical (unpaired) electrons. The van der Waals surface area contributed by atoms with E-state index in [2.05, 4.69) is 11.0 Å². The SMILES string of the molecule is CSC1(CNS(=O)(=O)c2ccc(CCN)cc2)CCCC1. The molecule has 1 aliphatic rings. The van der Waals surface area contributed by atoms with Crippen LogP contribution >= 0.6 is 11.8 Å². The number of sulfonamides is 1. The van der Waals surface area contributed by atoms with Gasteiger partial charge in [-0.05, 0) is 49.8 Å². The average Bonchev–Trinajstić information content (AvgIpc) is 2.96. The Balaban J connectivity index is 2.04. The van der Waals surface area contributed by atoms with E-state index in [0.29, 0.717) is 18.0 Å².